The van der Waals surface area contributed by atoms with Gasteiger partial charge in [-0.1, -0.05) is 36.4 Å². The second kappa shape index (κ2) is 9.29. The molecule has 0 spiro atoms. The van der Waals surface area contributed by atoms with Gasteiger partial charge in [-0.25, -0.2) is 0 Å². The van der Waals surface area contributed by atoms with Crippen LogP contribution in [-0.2, 0) is 11.4 Å². The number of carbonyl (C=O) groups excluding carboxylic acids is 2. The Bertz CT molecular complexity index is 943. The summed E-state index contributed by atoms with van der Waals surface area (Å²) in [4.78, 5) is 25.9. The minimum atomic E-state index is -0.312. The molecule has 3 rings (SSSR count). The van der Waals surface area contributed by atoms with Crippen LogP contribution >= 0.6 is 34.4 Å². The molecular formula is C21H18INO4S. The lowest BCUT2D eigenvalue weighted by Gasteiger charge is -2.14. The molecule has 1 fully saturated rings. The number of methoxy groups -OCH3 is 1. The predicted octanol–water partition coefficient (Wildman–Crippen LogP) is 5.10. The molecule has 1 saturated heterocycles. The van der Waals surface area contributed by atoms with Crippen LogP contribution in [-0.4, -0.2) is 29.7 Å². The Kier molecular flexibility index (Phi) is 6.79. The lowest BCUT2D eigenvalue weighted by atomic mass is 10.1. The fraction of sp³-hybridized carbons (Fsp3) is 0.143. The second-order valence-corrected chi connectivity index (χ2v) is 8.04. The Morgan fingerprint density at radius 3 is 2.64 bits per heavy atom. The van der Waals surface area contributed by atoms with E-state index in [1.807, 2.05) is 36.4 Å². The van der Waals surface area contributed by atoms with Crippen molar-refractivity contribution < 1.29 is 19.1 Å². The number of hydrogen-bond acceptors (Lipinski definition) is 5. The second-order valence-electron chi connectivity index (χ2n) is 5.89. The normalized spacial score (nSPS) is 15.2. The molecule has 0 atom stereocenters. The average Bonchev–Trinajstić information content (AvgIpc) is 2.95. The molecule has 0 radical (unpaired) electrons. The van der Waals surface area contributed by atoms with E-state index in [0.717, 1.165) is 26.5 Å². The van der Waals surface area contributed by atoms with Crippen LogP contribution in [0.4, 0.5) is 4.79 Å². The van der Waals surface area contributed by atoms with E-state index in [1.165, 1.54) is 11.0 Å². The Morgan fingerprint density at radius 1 is 1.21 bits per heavy atom. The summed E-state index contributed by atoms with van der Waals surface area (Å²) in [7, 11) is 1.57. The van der Waals surface area contributed by atoms with Crippen LogP contribution in [0.5, 0.6) is 11.5 Å². The van der Waals surface area contributed by atoms with Crippen molar-refractivity contribution in [3.8, 4) is 11.5 Å². The van der Waals surface area contributed by atoms with E-state index in [9.17, 15) is 9.59 Å². The van der Waals surface area contributed by atoms with Crippen LogP contribution in [0.2, 0.25) is 0 Å². The summed E-state index contributed by atoms with van der Waals surface area (Å²) >= 11 is 3.10. The Hall–Kier alpha value is -2.26. The summed E-state index contributed by atoms with van der Waals surface area (Å²) in [6, 6.07) is 13.6. The van der Waals surface area contributed by atoms with Crippen molar-refractivity contribution in [1.29, 1.82) is 0 Å². The number of imide groups is 1. The van der Waals surface area contributed by atoms with Crippen LogP contribution in [0.3, 0.4) is 0 Å². The first-order valence-electron chi connectivity index (χ1n) is 8.44. The van der Waals surface area contributed by atoms with Crippen LogP contribution in [0.15, 0.2) is 60.0 Å². The largest absolute Gasteiger partial charge is 0.493 e. The smallest absolute Gasteiger partial charge is 0.293 e. The number of nitrogens with zero attached hydrogens (tertiary/aromatic N) is 1. The van der Waals surface area contributed by atoms with E-state index >= 15 is 0 Å². The van der Waals surface area contributed by atoms with Crippen LogP contribution in [0.1, 0.15) is 11.1 Å². The van der Waals surface area contributed by atoms with Gasteiger partial charge in [0.05, 0.1) is 15.6 Å². The highest BCUT2D eigenvalue weighted by Gasteiger charge is 2.34. The number of benzene rings is 2. The Labute approximate surface area is 181 Å². The number of ether oxygens (including phenoxy) is 2. The van der Waals surface area contributed by atoms with Crippen molar-refractivity contribution in [2.75, 3.05) is 13.7 Å². The molecule has 1 aliphatic rings. The standard InChI is InChI=1S/C21H18INO4S/c1-3-9-23-20(24)18(28-21(23)25)12-15-10-16(22)19(17(11-15)26-2)27-13-14-7-5-4-6-8-14/h3-8,10-12H,1,9,13H2,2H3. The monoisotopic (exact) mass is 507 g/mol. The molecule has 0 saturated carbocycles. The van der Waals surface area contributed by atoms with Crippen molar-refractivity contribution in [2.24, 2.45) is 0 Å². The average molecular weight is 507 g/mol. The van der Waals surface area contributed by atoms with E-state index in [-0.39, 0.29) is 17.7 Å². The number of carbonyl (C=O) groups is 2. The molecule has 1 heterocycles. The molecule has 0 unspecified atom stereocenters. The lowest BCUT2D eigenvalue weighted by molar-refractivity contribution is -0.122. The number of halogens is 1. The van der Waals surface area contributed by atoms with Gasteiger partial charge in [-0.05, 0) is 63.7 Å². The first-order chi connectivity index (χ1) is 13.5. The fourth-order valence-corrected chi connectivity index (χ4v) is 4.26. The molecule has 0 aliphatic carbocycles. The summed E-state index contributed by atoms with van der Waals surface area (Å²) in [5.74, 6) is 0.900. The number of hydrogen-bond donors (Lipinski definition) is 0. The van der Waals surface area contributed by atoms with Crippen molar-refractivity contribution >= 4 is 51.6 Å². The molecule has 2 aromatic rings. The maximum absolute atomic E-state index is 12.4. The highest BCUT2D eigenvalue weighted by molar-refractivity contribution is 14.1. The van der Waals surface area contributed by atoms with Crippen molar-refractivity contribution in [3.63, 3.8) is 0 Å². The molecular weight excluding hydrogens is 489 g/mol. The van der Waals surface area contributed by atoms with Gasteiger partial charge >= 0.3 is 0 Å². The van der Waals surface area contributed by atoms with Crippen LogP contribution in [0.25, 0.3) is 6.08 Å². The molecule has 0 aromatic heterocycles. The van der Waals surface area contributed by atoms with Crippen molar-refractivity contribution in [2.45, 2.75) is 6.61 Å². The van der Waals surface area contributed by atoms with Gasteiger partial charge in [0.15, 0.2) is 11.5 Å². The van der Waals surface area contributed by atoms with Gasteiger partial charge in [0, 0.05) is 6.54 Å². The number of thioether (sulfide) groups is 1. The van der Waals surface area contributed by atoms with Crippen LogP contribution < -0.4 is 9.47 Å². The van der Waals surface area contributed by atoms with Gasteiger partial charge in [-0.3, -0.25) is 14.5 Å². The summed E-state index contributed by atoms with van der Waals surface area (Å²) in [6.45, 7) is 4.21. The lowest BCUT2D eigenvalue weighted by Crippen LogP contribution is -2.27. The molecule has 144 valence electrons. The van der Waals surface area contributed by atoms with Crippen molar-refractivity contribution in [3.05, 3.63) is 74.7 Å². The highest BCUT2D eigenvalue weighted by atomic mass is 127. The van der Waals surface area contributed by atoms with E-state index in [0.29, 0.717) is 23.0 Å². The van der Waals surface area contributed by atoms with Gasteiger partial charge in [0.25, 0.3) is 11.1 Å². The van der Waals surface area contributed by atoms with E-state index in [4.69, 9.17) is 9.47 Å². The SMILES string of the molecule is C=CCN1C(=O)SC(=Cc2cc(I)c(OCc3ccccc3)c(OC)c2)C1=O. The van der Waals surface area contributed by atoms with E-state index in [2.05, 4.69) is 29.2 Å². The zero-order valence-corrected chi connectivity index (χ0v) is 18.2. The Balaban J connectivity index is 1.84. The summed E-state index contributed by atoms with van der Waals surface area (Å²) in [5, 5.41) is -0.291. The quantitative estimate of drug-likeness (QED) is 0.297. The first kappa shape index (κ1) is 20.5. The summed E-state index contributed by atoms with van der Waals surface area (Å²) in [5.41, 5.74) is 1.82. The van der Waals surface area contributed by atoms with Gasteiger partial charge in [0.1, 0.15) is 6.61 Å². The summed E-state index contributed by atoms with van der Waals surface area (Å²) < 4.78 is 12.3. The number of amides is 2. The minimum Gasteiger partial charge on any atom is -0.493 e. The van der Waals surface area contributed by atoms with Crippen molar-refractivity contribution in [1.82, 2.24) is 4.90 Å². The predicted molar refractivity (Wildman–Crippen MR) is 119 cm³/mol. The Morgan fingerprint density at radius 2 is 1.96 bits per heavy atom. The topological polar surface area (TPSA) is 55.8 Å². The third-order valence-corrected chi connectivity index (χ3v) is 5.67. The number of rotatable bonds is 7. The third kappa shape index (κ3) is 4.59. The molecule has 7 heteroatoms. The maximum Gasteiger partial charge on any atom is 0.293 e. The zero-order valence-electron chi connectivity index (χ0n) is 15.2. The molecule has 2 aromatic carbocycles. The van der Waals surface area contributed by atoms with Crippen LogP contribution in [0, 0.1) is 3.57 Å². The molecule has 0 bridgehead atoms. The highest BCUT2D eigenvalue weighted by Crippen LogP contribution is 2.37. The van der Waals surface area contributed by atoms with Gasteiger partial charge in [0.2, 0.25) is 0 Å². The fourth-order valence-electron chi connectivity index (χ4n) is 2.63. The molecule has 1 aliphatic heterocycles. The summed E-state index contributed by atoms with van der Waals surface area (Å²) in [6.07, 6.45) is 3.23. The molecule has 0 N–H and O–H groups in total. The van der Waals surface area contributed by atoms with E-state index < -0.39 is 0 Å². The third-order valence-electron chi connectivity index (χ3n) is 3.96. The van der Waals surface area contributed by atoms with Gasteiger partial charge < -0.3 is 9.47 Å². The maximum atomic E-state index is 12.4. The molecule has 2 amide bonds. The van der Waals surface area contributed by atoms with Gasteiger partial charge in [-0.2, -0.15) is 0 Å². The minimum absolute atomic E-state index is 0.203. The zero-order chi connectivity index (χ0) is 20.1. The van der Waals surface area contributed by atoms with E-state index in [1.54, 1.807) is 19.3 Å². The first-order valence-corrected chi connectivity index (χ1v) is 10.3. The molecule has 5 nitrogen and oxygen atoms in total. The molecule has 28 heavy (non-hydrogen) atoms. The van der Waals surface area contributed by atoms with Gasteiger partial charge in [-0.15, -0.1) is 6.58 Å².